The first-order valence-electron chi connectivity index (χ1n) is 6.47. The van der Waals surface area contributed by atoms with Gasteiger partial charge in [-0.05, 0) is 41.8 Å². The van der Waals surface area contributed by atoms with Gasteiger partial charge in [0.2, 0.25) is 0 Å². The lowest BCUT2D eigenvalue weighted by molar-refractivity contribution is 0.601. The Morgan fingerprint density at radius 2 is 1.71 bits per heavy atom. The SMILES string of the molecule is CC(C)c1ccc(S(=O)(=O)Nc2ccc(F)c(N)c2)cc1. The zero-order chi connectivity index (χ0) is 15.6. The molecule has 2 aromatic carbocycles. The van der Waals surface area contributed by atoms with Crippen LogP contribution in [-0.4, -0.2) is 8.42 Å². The second-order valence-electron chi connectivity index (χ2n) is 5.07. The molecular weight excluding hydrogens is 291 g/mol. The van der Waals surface area contributed by atoms with Crippen molar-refractivity contribution in [2.45, 2.75) is 24.7 Å². The van der Waals surface area contributed by atoms with Gasteiger partial charge in [-0.15, -0.1) is 0 Å². The predicted octanol–water partition coefficient (Wildman–Crippen LogP) is 3.33. The Morgan fingerprint density at radius 1 is 1.10 bits per heavy atom. The van der Waals surface area contributed by atoms with Gasteiger partial charge in [-0.1, -0.05) is 26.0 Å². The molecular formula is C15H17FN2O2S. The maximum Gasteiger partial charge on any atom is 0.261 e. The highest BCUT2D eigenvalue weighted by molar-refractivity contribution is 7.92. The summed E-state index contributed by atoms with van der Waals surface area (Å²) in [4.78, 5) is 0.148. The van der Waals surface area contributed by atoms with Crippen molar-refractivity contribution >= 4 is 21.4 Å². The second-order valence-corrected chi connectivity index (χ2v) is 6.75. The lowest BCUT2D eigenvalue weighted by atomic mass is 10.0. The number of nitrogen functional groups attached to an aromatic ring is 1. The number of halogens is 1. The van der Waals surface area contributed by atoms with E-state index in [1.54, 1.807) is 24.3 Å². The number of nitrogens with two attached hydrogens (primary N) is 1. The van der Waals surface area contributed by atoms with Gasteiger partial charge >= 0.3 is 0 Å². The summed E-state index contributed by atoms with van der Waals surface area (Å²) < 4.78 is 39.9. The molecule has 0 spiro atoms. The first kappa shape index (κ1) is 15.3. The van der Waals surface area contributed by atoms with E-state index in [0.717, 1.165) is 11.6 Å². The lowest BCUT2D eigenvalue weighted by Crippen LogP contribution is -2.13. The zero-order valence-electron chi connectivity index (χ0n) is 11.8. The molecule has 2 rings (SSSR count). The van der Waals surface area contributed by atoms with E-state index in [2.05, 4.69) is 4.72 Å². The van der Waals surface area contributed by atoms with Crippen LogP contribution in [0.15, 0.2) is 47.4 Å². The van der Waals surface area contributed by atoms with E-state index in [1.807, 2.05) is 13.8 Å². The van der Waals surface area contributed by atoms with Gasteiger partial charge in [-0.3, -0.25) is 4.72 Å². The van der Waals surface area contributed by atoms with E-state index in [9.17, 15) is 12.8 Å². The van der Waals surface area contributed by atoms with E-state index in [1.165, 1.54) is 12.1 Å². The van der Waals surface area contributed by atoms with E-state index < -0.39 is 15.8 Å². The normalized spacial score (nSPS) is 11.6. The Hall–Kier alpha value is -2.08. The lowest BCUT2D eigenvalue weighted by Gasteiger charge is -2.10. The second kappa shape index (κ2) is 5.73. The number of nitrogens with one attached hydrogen (secondary N) is 1. The van der Waals surface area contributed by atoms with Crippen LogP contribution in [0.25, 0.3) is 0 Å². The van der Waals surface area contributed by atoms with E-state index in [4.69, 9.17) is 5.73 Å². The molecule has 0 saturated carbocycles. The number of hydrogen-bond donors (Lipinski definition) is 2. The molecule has 0 radical (unpaired) electrons. The summed E-state index contributed by atoms with van der Waals surface area (Å²) >= 11 is 0. The number of rotatable bonds is 4. The summed E-state index contributed by atoms with van der Waals surface area (Å²) in [6.45, 7) is 4.06. The van der Waals surface area contributed by atoms with Crippen LogP contribution in [0.3, 0.4) is 0 Å². The summed E-state index contributed by atoms with van der Waals surface area (Å²) in [6.07, 6.45) is 0. The van der Waals surface area contributed by atoms with Crippen molar-refractivity contribution in [2.75, 3.05) is 10.5 Å². The first-order chi connectivity index (χ1) is 9.79. The van der Waals surface area contributed by atoms with Gasteiger partial charge in [0.1, 0.15) is 5.82 Å². The molecule has 6 heteroatoms. The van der Waals surface area contributed by atoms with E-state index in [-0.39, 0.29) is 16.3 Å². The van der Waals surface area contributed by atoms with Gasteiger partial charge in [0, 0.05) is 0 Å². The van der Waals surface area contributed by atoms with E-state index >= 15 is 0 Å². The minimum absolute atomic E-state index is 0.106. The van der Waals surface area contributed by atoms with Crippen LogP contribution in [0.2, 0.25) is 0 Å². The van der Waals surface area contributed by atoms with Crippen molar-refractivity contribution in [3.8, 4) is 0 Å². The van der Waals surface area contributed by atoms with Crippen LogP contribution in [0, 0.1) is 5.82 Å². The largest absolute Gasteiger partial charge is 0.396 e. The van der Waals surface area contributed by atoms with Gasteiger partial charge in [0.15, 0.2) is 0 Å². The third kappa shape index (κ3) is 3.52. The van der Waals surface area contributed by atoms with Crippen LogP contribution in [0.5, 0.6) is 0 Å². The topological polar surface area (TPSA) is 72.2 Å². The monoisotopic (exact) mass is 308 g/mol. The van der Waals surface area contributed by atoms with Crippen molar-refractivity contribution in [3.05, 3.63) is 53.8 Å². The Kier molecular flexibility index (Phi) is 4.18. The molecule has 0 unspecified atom stereocenters. The molecule has 0 aliphatic heterocycles. The Labute approximate surface area is 123 Å². The number of hydrogen-bond acceptors (Lipinski definition) is 3. The average molecular weight is 308 g/mol. The quantitative estimate of drug-likeness (QED) is 0.851. The summed E-state index contributed by atoms with van der Waals surface area (Å²) in [7, 11) is -3.71. The zero-order valence-corrected chi connectivity index (χ0v) is 12.6. The fraction of sp³-hybridized carbons (Fsp3) is 0.200. The molecule has 0 aliphatic carbocycles. The summed E-state index contributed by atoms with van der Waals surface area (Å²) in [5.74, 6) is -0.258. The van der Waals surface area contributed by atoms with E-state index in [0.29, 0.717) is 5.92 Å². The molecule has 0 bridgehead atoms. The van der Waals surface area contributed by atoms with Crippen LogP contribution < -0.4 is 10.5 Å². The van der Waals surface area contributed by atoms with Crippen LogP contribution >= 0.6 is 0 Å². The third-order valence-electron chi connectivity index (χ3n) is 3.11. The molecule has 0 heterocycles. The molecule has 112 valence electrons. The molecule has 0 aliphatic rings. The van der Waals surface area contributed by atoms with Crippen LogP contribution in [0.4, 0.5) is 15.8 Å². The van der Waals surface area contributed by atoms with Crippen LogP contribution in [0.1, 0.15) is 25.3 Å². The molecule has 21 heavy (non-hydrogen) atoms. The molecule has 0 amide bonds. The summed E-state index contributed by atoms with van der Waals surface area (Å²) in [6, 6.07) is 10.3. The molecule has 0 atom stereocenters. The van der Waals surface area contributed by atoms with Gasteiger partial charge in [-0.2, -0.15) is 0 Å². The van der Waals surface area contributed by atoms with Crippen molar-refractivity contribution in [1.82, 2.24) is 0 Å². The smallest absolute Gasteiger partial charge is 0.261 e. The molecule has 0 aromatic heterocycles. The first-order valence-corrected chi connectivity index (χ1v) is 7.96. The van der Waals surface area contributed by atoms with Gasteiger partial charge in [-0.25, -0.2) is 12.8 Å². The summed E-state index contributed by atoms with van der Waals surface area (Å²) in [5.41, 5.74) is 6.59. The van der Waals surface area contributed by atoms with Gasteiger partial charge in [0.25, 0.3) is 10.0 Å². The highest BCUT2D eigenvalue weighted by Crippen LogP contribution is 2.22. The minimum Gasteiger partial charge on any atom is -0.396 e. The molecule has 0 fully saturated rings. The molecule has 3 N–H and O–H groups in total. The van der Waals surface area contributed by atoms with Crippen molar-refractivity contribution in [3.63, 3.8) is 0 Å². The molecule has 0 saturated heterocycles. The van der Waals surface area contributed by atoms with Gasteiger partial charge < -0.3 is 5.73 Å². The van der Waals surface area contributed by atoms with Crippen molar-refractivity contribution in [2.24, 2.45) is 0 Å². The maximum absolute atomic E-state index is 13.1. The van der Waals surface area contributed by atoms with Crippen LogP contribution in [-0.2, 0) is 10.0 Å². The Morgan fingerprint density at radius 3 is 2.24 bits per heavy atom. The number of anilines is 2. The summed E-state index contributed by atoms with van der Waals surface area (Å²) in [5, 5.41) is 0. The number of benzene rings is 2. The molecule has 4 nitrogen and oxygen atoms in total. The fourth-order valence-electron chi connectivity index (χ4n) is 1.85. The standard InChI is InChI=1S/C15H17FN2O2S/c1-10(2)11-3-6-13(7-4-11)21(19,20)18-12-5-8-14(16)15(17)9-12/h3-10,18H,17H2,1-2H3. The predicted molar refractivity (Wildman–Crippen MR) is 82.2 cm³/mol. The molecule has 2 aromatic rings. The Balaban J connectivity index is 2.27. The fourth-order valence-corrected chi connectivity index (χ4v) is 2.90. The Bertz CT molecular complexity index is 741. The minimum atomic E-state index is -3.71. The highest BCUT2D eigenvalue weighted by atomic mass is 32.2. The van der Waals surface area contributed by atoms with Crippen molar-refractivity contribution < 1.29 is 12.8 Å². The number of sulfonamides is 1. The third-order valence-corrected chi connectivity index (χ3v) is 4.50. The van der Waals surface area contributed by atoms with Gasteiger partial charge in [0.05, 0.1) is 16.3 Å². The maximum atomic E-state index is 13.1. The average Bonchev–Trinajstić information content (AvgIpc) is 2.43. The van der Waals surface area contributed by atoms with Crippen molar-refractivity contribution in [1.29, 1.82) is 0 Å². The highest BCUT2D eigenvalue weighted by Gasteiger charge is 2.15.